The van der Waals surface area contributed by atoms with Crippen LogP contribution in [0.4, 0.5) is 0 Å². The van der Waals surface area contributed by atoms with Crippen molar-refractivity contribution in [2.45, 2.75) is 31.6 Å². The van der Waals surface area contributed by atoms with Gasteiger partial charge in [-0.25, -0.2) is 0 Å². The van der Waals surface area contributed by atoms with E-state index in [0.717, 1.165) is 52.2 Å². The highest BCUT2D eigenvalue weighted by Crippen LogP contribution is 2.18. The van der Waals surface area contributed by atoms with Crippen LogP contribution in [0, 0.1) is 0 Å². The summed E-state index contributed by atoms with van der Waals surface area (Å²) in [4.78, 5) is 4.65. The average Bonchev–Trinajstić information content (AvgIpc) is 2.42. The predicted molar refractivity (Wildman–Crippen MR) is 69.5 cm³/mol. The topological polar surface area (TPSA) is 45.2 Å². The summed E-state index contributed by atoms with van der Waals surface area (Å²) in [5.41, 5.74) is 0. The van der Waals surface area contributed by atoms with Gasteiger partial charge in [0, 0.05) is 39.2 Å². The minimum absolute atomic E-state index is 0.0623. The van der Waals surface area contributed by atoms with Gasteiger partial charge in [0.1, 0.15) is 6.23 Å². The number of rotatable bonds is 5. The van der Waals surface area contributed by atoms with Crippen molar-refractivity contribution < 1.29 is 14.6 Å². The van der Waals surface area contributed by atoms with Crippen LogP contribution in [0.3, 0.4) is 0 Å². The Bertz CT molecular complexity index is 226. The molecule has 0 aromatic heterocycles. The van der Waals surface area contributed by atoms with Crippen LogP contribution in [0.2, 0.25) is 0 Å². The molecule has 5 heteroatoms. The monoisotopic (exact) mass is 258 g/mol. The normalized spacial score (nSPS) is 26.3. The van der Waals surface area contributed by atoms with Crippen LogP contribution in [0.1, 0.15) is 19.3 Å². The lowest BCUT2D eigenvalue weighted by Gasteiger charge is -2.38. The van der Waals surface area contributed by atoms with Gasteiger partial charge in [0.05, 0.1) is 19.3 Å². The lowest BCUT2D eigenvalue weighted by molar-refractivity contribution is -0.141. The van der Waals surface area contributed by atoms with E-state index in [1.54, 1.807) is 0 Å². The molecule has 0 bridgehead atoms. The SMILES string of the molecule is CN1CCC(OC(CCO)N2CCOCC2)CC1. The van der Waals surface area contributed by atoms with Crippen molar-refractivity contribution in [1.29, 1.82) is 0 Å². The van der Waals surface area contributed by atoms with Crippen LogP contribution >= 0.6 is 0 Å². The Morgan fingerprint density at radius 2 is 1.89 bits per heavy atom. The molecule has 0 spiro atoms. The molecule has 2 saturated heterocycles. The lowest BCUT2D eigenvalue weighted by atomic mass is 10.1. The van der Waals surface area contributed by atoms with Crippen molar-refractivity contribution in [3.63, 3.8) is 0 Å². The number of hydrogen-bond acceptors (Lipinski definition) is 5. The van der Waals surface area contributed by atoms with Crippen molar-refractivity contribution in [3.8, 4) is 0 Å². The van der Waals surface area contributed by atoms with Gasteiger partial charge in [-0.3, -0.25) is 4.90 Å². The Morgan fingerprint density at radius 1 is 1.22 bits per heavy atom. The highest BCUT2D eigenvalue weighted by atomic mass is 16.5. The number of aliphatic hydroxyl groups excluding tert-OH is 1. The Kier molecular flexibility index (Phi) is 5.85. The minimum Gasteiger partial charge on any atom is -0.396 e. The molecule has 2 aliphatic heterocycles. The van der Waals surface area contributed by atoms with E-state index in [1.807, 2.05) is 0 Å². The zero-order valence-corrected chi connectivity index (χ0v) is 11.4. The molecule has 5 nitrogen and oxygen atoms in total. The third-order valence-corrected chi connectivity index (χ3v) is 3.84. The van der Waals surface area contributed by atoms with E-state index < -0.39 is 0 Å². The summed E-state index contributed by atoms with van der Waals surface area (Å²) in [6, 6.07) is 0. The molecule has 0 aromatic carbocycles. The first kappa shape index (κ1) is 14.2. The van der Waals surface area contributed by atoms with E-state index >= 15 is 0 Å². The summed E-state index contributed by atoms with van der Waals surface area (Å²) in [5.74, 6) is 0. The van der Waals surface area contributed by atoms with E-state index in [1.165, 1.54) is 0 Å². The maximum absolute atomic E-state index is 9.19. The van der Waals surface area contributed by atoms with E-state index in [4.69, 9.17) is 9.47 Å². The van der Waals surface area contributed by atoms with Gasteiger partial charge in [0.15, 0.2) is 0 Å². The van der Waals surface area contributed by atoms with Gasteiger partial charge in [-0.05, 0) is 19.9 Å². The van der Waals surface area contributed by atoms with Gasteiger partial charge in [-0.15, -0.1) is 0 Å². The third-order valence-electron chi connectivity index (χ3n) is 3.84. The molecule has 1 unspecified atom stereocenters. The summed E-state index contributed by atoms with van der Waals surface area (Å²) in [5, 5.41) is 9.19. The Balaban J connectivity index is 1.81. The lowest BCUT2D eigenvalue weighted by Crippen LogP contribution is -2.47. The summed E-state index contributed by atoms with van der Waals surface area (Å²) >= 11 is 0. The Hall–Kier alpha value is -0.200. The maximum atomic E-state index is 9.19. The van der Waals surface area contributed by atoms with Gasteiger partial charge >= 0.3 is 0 Å². The van der Waals surface area contributed by atoms with Crippen LogP contribution in [0.5, 0.6) is 0 Å². The van der Waals surface area contributed by atoms with Gasteiger partial charge in [0.25, 0.3) is 0 Å². The first-order valence-electron chi connectivity index (χ1n) is 7.06. The zero-order chi connectivity index (χ0) is 12.8. The fraction of sp³-hybridized carbons (Fsp3) is 1.00. The van der Waals surface area contributed by atoms with Crippen molar-refractivity contribution in [2.75, 3.05) is 53.0 Å². The Morgan fingerprint density at radius 3 is 2.50 bits per heavy atom. The molecule has 0 saturated carbocycles. The average molecular weight is 258 g/mol. The molecule has 1 atom stereocenters. The van der Waals surface area contributed by atoms with Gasteiger partial charge < -0.3 is 19.5 Å². The van der Waals surface area contributed by atoms with Crippen molar-refractivity contribution in [2.24, 2.45) is 0 Å². The third kappa shape index (κ3) is 4.17. The van der Waals surface area contributed by atoms with E-state index in [0.29, 0.717) is 12.5 Å². The zero-order valence-electron chi connectivity index (χ0n) is 11.4. The van der Waals surface area contributed by atoms with Gasteiger partial charge in [-0.2, -0.15) is 0 Å². The highest BCUT2D eigenvalue weighted by Gasteiger charge is 2.26. The smallest absolute Gasteiger partial charge is 0.113 e. The van der Waals surface area contributed by atoms with Crippen LogP contribution in [0.25, 0.3) is 0 Å². The molecule has 18 heavy (non-hydrogen) atoms. The van der Waals surface area contributed by atoms with Crippen LogP contribution in [-0.4, -0.2) is 80.3 Å². The first-order chi connectivity index (χ1) is 8.79. The molecule has 0 amide bonds. The van der Waals surface area contributed by atoms with Crippen LogP contribution in [-0.2, 0) is 9.47 Å². The summed E-state index contributed by atoms with van der Waals surface area (Å²) in [7, 11) is 2.16. The number of ether oxygens (including phenoxy) is 2. The molecule has 2 aliphatic rings. The molecule has 106 valence electrons. The molecule has 1 N–H and O–H groups in total. The number of likely N-dealkylation sites (tertiary alicyclic amines) is 1. The molecular weight excluding hydrogens is 232 g/mol. The standard InChI is InChI=1S/C13H26N2O3/c1-14-5-2-12(3-6-14)18-13(4-9-16)15-7-10-17-11-8-15/h12-13,16H,2-11H2,1H3. The molecule has 2 heterocycles. The fourth-order valence-corrected chi connectivity index (χ4v) is 2.66. The number of hydrogen-bond donors (Lipinski definition) is 1. The molecule has 2 rings (SSSR count). The number of morpholine rings is 1. The summed E-state index contributed by atoms with van der Waals surface area (Å²) < 4.78 is 11.6. The molecule has 0 aromatic rings. The molecule has 2 fully saturated rings. The predicted octanol–water partition coefficient (Wildman–Crippen LogP) is 0.138. The maximum Gasteiger partial charge on any atom is 0.113 e. The van der Waals surface area contributed by atoms with E-state index in [-0.39, 0.29) is 12.8 Å². The van der Waals surface area contributed by atoms with Crippen LogP contribution in [0.15, 0.2) is 0 Å². The second kappa shape index (κ2) is 7.40. The van der Waals surface area contributed by atoms with Crippen molar-refractivity contribution >= 4 is 0 Å². The molecule has 0 aliphatic carbocycles. The summed E-state index contributed by atoms with van der Waals surface area (Å²) in [6.45, 7) is 5.79. The Labute approximate surface area is 110 Å². The van der Waals surface area contributed by atoms with Crippen molar-refractivity contribution in [3.05, 3.63) is 0 Å². The number of piperidine rings is 1. The minimum atomic E-state index is 0.0623. The first-order valence-corrected chi connectivity index (χ1v) is 7.06. The molecule has 0 radical (unpaired) electrons. The van der Waals surface area contributed by atoms with Gasteiger partial charge in [-0.1, -0.05) is 0 Å². The second-order valence-electron chi connectivity index (χ2n) is 5.25. The van der Waals surface area contributed by atoms with Crippen LogP contribution < -0.4 is 0 Å². The number of aliphatic hydroxyl groups is 1. The fourth-order valence-electron chi connectivity index (χ4n) is 2.66. The largest absolute Gasteiger partial charge is 0.396 e. The van der Waals surface area contributed by atoms with Crippen molar-refractivity contribution in [1.82, 2.24) is 9.80 Å². The number of nitrogens with zero attached hydrogens (tertiary/aromatic N) is 2. The molecular formula is C13H26N2O3. The van der Waals surface area contributed by atoms with Gasteiger partial charge in [0.2, 0.25) is 0 Å². The van der Waals surface area contributed by atoms with E-state index in [9.17, 15) is 5.11 Å². The van der Waals surface area contributed by atoms with E-state index in [2.05, 4.69) is 16.8 Å². The summed E-state index contributed by atoms with van der Waals surface area (Å²) in [6.07, 6.45) is 3.31. The second-order valence-corrected chi connectivity index (χ2v) is 5.25. The quantitative estimate of drug-likeness (QED) is 0.760. The highest BCUT2D eigenvalue weighted by molar-refractivity contribution is 4.74.